The molecule has 7 heteroatoms. The minimum atomic E-state index is -0.203. The fourth-order valence-electron chi connectivity index (χ4n) is 3.72. The summed E-state index contributed by atoms with van der Waals surface area (Å²) >= 11 is 1.27. The first-order valence-corrected chi connectivity index (χ1v) is 11.1. The summed E-state index contributed by atoms with van der Waals surface area (Å²) in [6, 6.07) is 18.3. The van der Waals surface area contributed by atoms with Crippen molar-refractivity contribution >= 4 is 44.1 Å². The number of rotatable bonds is 4. The van der Waals surface area contributed by atoms with Crippen LogP contribution < -0.4 is 11.1 Å². The standard InChI is InChI=1S/C25H21N5OS/c1-14-15(2)29-30-25-21(14)22(26)23(32-25)24(31)28-12-16-7-9-17(10-8-16)19-11-18-5-3-4-6-20(18)27-13-19/h3-11,13H,12,26H2,1-2H3,(H,28,31). The molecule has 1 amide bonds. The number of benzene rings is 2. The molecule has 0 aliphatic rings. The van der Waals surface area contributed by atoms with Gasteiger partial charge in [-0.2, -0.15) is 5.10 Å². The Bertz CT molecular complexity index is 1470. The number of aromatic nitrogens is 3. The molecule has 0 unspecified atom stereocenters. The Morgan fingerprint density at radius 2 is 1.81 bits per heavy atom. The van der Waals surface area contributed by atoms with Crippen molar-refractivity contribution in [3.8, 4) is 11.1 Å². The number of amides is 1. The van der Waals surface area contributed by atoms with Crippen LogP contribution in [-0.2, 0) is 6.54 Å². The lowest BCUT2D eigenvalue weighted by Gasteiger charge is -2.07. The maximum absolute atomic E-state index is 12.8. The van der Waals surface area contributed by atoms with Gasteiger partial charge in [0.2, 0.25) is 0 Å². The van der Waals surface area contributed by atoms with Crippen LogP contribution in [0.3, 0.4) is 0 Å². The number of nitrogens with two attached hydrogens (primary N) is 1. The van der Waals surface area contributed by atoms with Crippen molar-refractivity contribution in [3.63, 3.8) is 0 Å². The van der Waals surface area contributed by atoms with Crippen LogP contribution in [0.5, 0.6) is 0 Å². The Hall–Kier alpha value is -3.84. The van der Waals surface area contributed by atoms with Crippen molar-refractivity contribution in [2.45, 2.75) is 20.4 Å². The molecule has 0 aliphatic heterocycles. The largest absolute Gasteiger partial charge is 0.397 e. The van der Waals surface area contributed by atoms with Crippen LogP contribution in [0.15, 0.2) is 60.8 Å². The van der Waals surface area contributed by atoms with Gasteiger partial charge < -0.3 is 11.1 Å². The summed E-state index contributed by atoms with van der Waals surface area (Å²) in [4.78, 5) is 18.5. The molecule has 2 aromatic carbocycles. The Morgan fingerprint density at radius 1 is 1.03 bits per heavy atom. The first kappa shape index (κ1) is 20.1. The molecule has 0 radical (unpaired) electrons. The number of para-hydroxylation sites is 1. The lowest BCUT2D eigenvalue weighted by molar-refractivity contribution is 0.0956. The summed E-state index contributed by atoms with van der Waals surface area (Å²) in [5, 5.41) is 13.2. The molecule has 3 aromatic heterocycles. The van der Waals surface area contributed by atoms with E-state index in [1.54, 1.807) is 0 Å². The van der Waals surface area contributed by atoms with Gasteiger partial charge in [-0.3, -0.25) is 9.78 Å². The zero-order valence-corrected chi connectivity index (χ0v) is 18.5. The van der Waals surface area contributed by atoms with E-state index in [0.29, 0.717) is 21.9 Å². The zero-order valence-electron chi connectivity index (χ0n) is 17.7. The van der Waals surface area contributed by atoms with Gasteiger partial charge in [0.1, 0.15) is 9.71 Å². The topological polar surface area (TPSA) is 93.8 Å². The van der Waals surface area contributed by atoms with Crippen LogP contribution in [0.2, 0.25) is 0 Å². The minimum Gasteiger partial charge on any atom is -0.397 e. The van der Waals surface area contributed by atoms with Gasteiger partial charge in [-0.1, -0.05) is 42.5 Å². The summed E-state index contributed by atoms with van der Waals surface area (Å²) in [6.45, 7) is 4.24. The predicted molar refractivity (Wildman–Crippen MR) is 130 cm³/mol. The van der Waals surface area contributed by atoms with Gasteiger partial charge in [0.15, 0.2) is 0 Å². The average Bonchev–Trinajstić information content (AvgIpc) is 3.17. The van der Waals surface area contributed by atoms with Gasteiger partial charge in [0.05, 0.1) is 16.9 Å². The number of hydrogen-bond donors (Lipinski definition) is 2. The van der Waals surface area contributed by atoms with E-state index in [0.717, 1.165) is 44.2 Å². The van der Waals surface area contributed by atoms with E-state index in [-0.39, 0.29) is 5.91 Å². The third-order valence-corrected chi connectivity index (χ3v) is 6.76. The number of hydrogen-bond acceptors (Lipinski definition) is 6. The monoisotopic (exact) mass is 439 g/mol. The maximum Gasteiger partial charge on any atom is 0.263 e. The predicted octanol–water partition coefficient (Wildman–Crippen LogP) is 5.04. The van der Waals surface area contributed by atoms with Gasteiger partial charge in [-0.25, -0.2) is 0 Å². The molecule has 5 aromatic rings. The fourth-order valence-corrected chi connectivity index (χ4v) is 4.73. The van der Waals surface area contributed by atoms with E-state index in [1.165, 1.54) is 11.3 Å². The molecule has 0 spiro atoms. The van der Waals surface area contributed by atoms with Crippen LogP contribution in [0, 0.1) is 13.8 Å². The van der Waals surface area contributed by atoms with Gasteiger partial charge in [0, 0.05) is 29.1 Å². The van der Waals surface area contributed by atoms with E-state index in [4.69, 9.17) is 5.73 Å². The van der Waals surface area contributed by atoms with Crippen LogP contribution in [0.4, 0.5) is 5.69 Å². The number of pyridine rings is 1. The number of fused-ring (bicyclic) bond motifs is 2. The lowest BCUT2D eigenvalue weighted by Crippen LogP contribution is -2.22. The molecule has 6 nitrogen and oxygen atoms in total. The number of nitrogen functional groups attached to an aromatic ring is 1. The second-order valence-corrected chi connectivity index (χ2v) is 8.73. The average molecular weight is 440 g/mol. The summed E-state index contributed by atoms with van der Waals surface area (Å²) in [5.74, 6) is -0.203. The highest BCUT2D eigenvalue weighted by molar-refractivity contribution is 7.21. The van der Waals surface area contributed by atoms with Crippen LogP contribution in [0.25, 0.3) is 32.2 Å². The number of nitrogens with zero attached hydrogens (tertiary/aromatic N) is 3. The molecule has 0 saturated heterocycles. The lowest BCUT2D eigenvalue weighted by atomic mass is 10.0. The first-order valence-electron chi connectivity index (χ1n) is 10.3. The van der Waals surface area contributed by atoms with Crippen molar-refractivity contribution in [3.05, 3.63) is 82.5 Å². The molecule has 3 heterocycles. The van der Waals surface area contributed by atoms with Gasteiger partial charge >= 0.3 is 0 Å². The van der Waals surface area contributed by atoms with Gasteiger partial charge in [-0.15, -0.1) is 16.4 Å². The maximum atomic E-state index is 12.8. The van der Waals surface area contributed by atoms with Gasteiger partial charge in [0.25, 0.3) is 5.91 Å². The molecular formula is C25H21N5OS. The number of nitrogens with one attached hydrogen (secondary N) is 1. The smallest absolute Gasteiger partial charge is 0.263 e. The highest BCUT2D eigenvalue weighted by Gasteiger charge is 2.19. The Morgan fingerprint density at radius 3 is 2.62 bits per heavy atom. The summed E-state index contributed by atoms with van der Waals surface area (Å²) in [7, 11) is 0. The van der Waals surface area contributed by atoms with Crippen molar-refractivity contribution in [2.75, 3.05) is 5.73 Å². The number of carbonyl (C=O) groups is 1. The summed E-state index contributed by atoms with van der Waals surface area (Å²) in [5.41, 5.74) is 12.6. The van der Waals surface area contributed by atoms with Gasteiger partial charge in [-0.05, 0) is 42.7 Å². The van der Waals surface area contributed by atoms with Crippen LogP contribution in [0.1, 0.15) is 26.5 Å². The van der Waals surface area contributed by atoms with Crippen LogP contribution >= 0.6 is 11.3 Å². The molecule has 3 N–H and O–H groups in total. The highest BCUT2D eigenvalue weighted by Crippen LogP contribution is 2.34. The van der Waals surface area contributed by atoms with Crippen molar-refractivity contribution in [1.82, 2.24) is 20.5 Å². The quantitative estimate of drug-likeness (QED) is 0.409. The third kappa shape index (κ3) is 3.56. The first-order chi connectivity index (χ1) is 15.5. The van der Waals surface area contributed by atoms with E-state index in [9.17, 15) is 4.79 Å². The Balaban J connectivity index is 1.32. The van der Waals surface area contributed by atoms with Crippen LogP contribution in [-0.4, -0.2) is 21.1 Å². The van der Waals surface area contributed by atoms with E-state index < -0.39 is 0 Å². The Kier molecular flexibility index (Phi) is 5.03. The van der Waals surface area contributed by atoms with E-state index in [2.05, 4.69) is 32.6 Å². The van der Waals surface area contributed by atoms with E-state index in [1.807, 2.05) is 62.5 Å². The second-order valence-electron chi connectivity index (χ2n) is 7.73. The normalized spacial score (nSPS) is 11.2. The molecular weight excluding hydrogens is 418 g/mol. The number of anilines is 1. The Labute approximate surface area is 189 Å². The second kappa shape index (κ2) is 8.01. The summed E-state index contributed by atoms with van der Waals surface area (Å²) < 4.78 is 0. The molecule has 0 saturated carbocycles. The van der Waals surface area contributed by atoms with Crippen molar-refractivity contribution in [2.24, 2.45) is 0 Å². The fraction of sp³-hybridized carbons (Fsp3) is 0.120. The van der Waals surface area contributed by atoms with Crippen molar-refractivity contribution < 1.29 is 4.79 Å². The molecule has 32 heavy (non-hydrogen) atoms. The van der Waals surface area contributed by atoms with Crippen molar-refractivity contribution in [1.29, 1.82) is 0 Å². The number of thiophene rings is 1. The number of carbonyl (C=O) groups excluding carboxylic acids is 1. The summed E-state index contributed by atoms with van der Waals surface area (Å²) in [6.07, 6.45) is 1.88. The molecule has 0 aliphatic carbocycles. The van der Waals surface area contributed by atoms with E-state index >= 15 is 0 Å². The molecule has 5 rings (SSSR count). The molecule has 0 atom stereocenters. The third-order valence-electron chi connectivity index (χ3n) is 5.67. The molecule has 0 fully saturated rings. The minimum absolute atomic E-state index is 0.203. The molecule has 0 bridgehead atoms. The molecule has 158 valence electrons. The highest BCUT2D eigenvalue weighted by atomic mass is 32.1. The SMILES string of the molecule is Cc1nnc2sc(C(=O)NCc3ccc(-c4cnc5ccccc5c4)cc3)c(N)c2c1C. The number of aryl methyl sites for hydroxylation is 2. The zero-order chi connectivity index (χ0) is 22.2.